The lowest BCUT2D eigenvalue weighted by Gasteiger charge is -2.07. The van der Waals surface area contributed by atoms with E-state index in [1.807, 2.05) is 53.3 Å². The molecule has 4 nitrogen and oxygen atoms in total. The van der Waals surface area contributed by atoms with Gasteiger partial charge in [-0.25, -0.2) is 4.68 Å². The summed E-state index contributed by atoms with van der Waals surface area (Å²) in [5.41, 5.74) is 3.39. The molecule has 0 bridgehead atoms. The Hall–Kier alpha value is -2.24. The standard InChI is InChI=1S/C20H20ClN3OS/c21-18-6-2-17(3-7-18)14-26-15-20(25)22-12-10-16-4-8-19(9-5-16)24-13-1-11-23-24/h1-9,11,13H,10,12,14-15H2,(H,22,25). The number of hydrogen-bond donors (Lipinski definition) is 1. The molecule has 1 aromatic heterocycles. The lowest BCUT2D eigenvalue weighted by molar-refractivity contribution is -0.118. The first-order valence-electron chi connectivity index (χ1n) is 8.38. The third-order valence-corrected chi connectivity index (χ3v) is 5.11. The van der Waals surface area contributed by atoms with E-state index in [0.29, 0.717) is 12.3 Å². The number of nitrogens with one attached hydrogen (secondary N) is 1. The number of halogens is 1. The van der Waals surface area contributed by atoms with Gasteiger partial charge in [-0.2, -0.15) is 5.10 Å². The number of carbonyl (C=O) groups excluding carboxylic acids is 1. The predicted octanol–water partition coefficient (Wildman–Crippen LogP) is 4.12. The van der Waals surface area contributed by atoms with Crippen molar-refractivity contribution in [2.45, 2.75) is 12.2 Å². The van der Waals surface area contributed by atoms with Crippen LogP contribution >= 0.6 is 23.4 Å². The molecule has 0 unspecified atom stereocenters. The number of benzene rings is 2. The molecule has 26 heavy (non-hydrogen) atoms. The Bertz CT molecular complexity index is 817. The fourth-order valence-electron chi connectivity index (χ4n) is 2.48. The lowest BCUT2D eigenvalue weighted by Crippen LogP contribution is -2.27. The Balaban J connectivity index is 1.35. The van der Waals surface area contributed by atoms with Crippen LogP contribution in [-0.2, 0) is 17.0 Å². The van der Waals surface area contributed by atoms with Gasteiger partial charge >= 0.3 is 0 Å². The van der Waals surface area contributed by atoms with Crippen molar-refractivity contribution in [3.05, 3.63) is 83.1 Å². The molecule has 0 saturated heterocycles. The summed E-state index contributed by atoms with van der Waals surface area (Å²) in [6.45, 7) is 0.640. The van der Waals surface area contributed by atoms with E-state index >= 15 is 0 Å². The highest BCUT2D eigenvalue weighted by Gasteiger charge is 2.03. The molecule has 3 aromatic rings. The van der Waals surface area contributed by atoms with Crippen molar-refractivity contribution in [3.63, 3.8) is 0 Å². The van der Waals surface area contributed by atoms with Crippen LogP contribution in [0.2, 0.25) is 5.02 Å². The Morgan fingerprint density at radius 3 is 2.50 bits per heavy atom. The van der Waals surface area contributed by atoms with Crippen molar-refractivity contribution in [1.29, 1.82) is 0 Å². The first-order valence-corrected chi connectivity index (χ1v) is 9.92. The van der Waals surface area contributed by atoms with Crippen molar-refractivity contribution >= 4 is 29.3 Å². The summed E-state index contributed by atoms with van der Waals surface area (Å²) in [4.78, 5) is 11.9. The van der Waals surface area contributed by atoms with Crippen LogP contribution in [0.3, 0.4) is 0 Å². The average Bonchev–Trinajstić information content (AvgIpc) is 3.19. The summed E-state index contributed by atoms with van der Waals surface area (Å²) >= 11 is 7.47. The second-order valence-corrected chi connectivity index (χ2v) is 7.26. The molecule has 0 aliphatic carbocycles. The summed E-state index contributed by atoms with van der Waals surface area (Å²) in [7, 11) is 0. The van der Waals surface area contributed by atoms with E-state index in [1.165, 1.54) is 11.1 Å². The van der Waals surface area contributed by atoms with Gasteiger partial charge in [0.05, 0.1) is 11.4 Å². The van der Waals surface area contributed by atoms with E-state index in [4.69, 9.17) is 11.6 Å². The summed E-state index contributed by atoms with van der Waals surface area (Å²) < 4.78 is 1.82. The molecule has 134 valence electrons. The monoisotopic (exact) mass is 385 g/mol. The molecule has 0 saturated carbocycles. The van der Waals surface area contributed by atoms with Gasteiger partial charge in [-0.1, -0.05) is 35.9 Å². The van der Waals surface area contributed by atoms with Crippen LogP contribution in [0.5, 0.6) is 0 Å². The van der Waals surface area contributed by atoms with Crippen LogP contribution in [0.25, 0.3) is 5.69 Å². The number of carbonyl (C=O) groups is 1. The molecule has 2 aromatic carbocycles. The topological polar surface area (TPSA) is 46.9 Å². The summed E-state index contributed by atoms with van der Waals surface area (Å²) in [5, 5.41) is 7.91. The minimum atomic E-state index is 0.0668. The van der Waals surface area contributed by atoms with Gasteiger partial charge in [0.2, 0.25) is 5.91 Å². The second kappa shape index (κ2) is 9.46. The van der Waals surface area contributed by atoms with Crippen molar-refractivity contribution in [3.8, 4) is 5.69 Å². The van der Waals surface area contributed by atoms with Gasteiger partial charge < -0.3 is 5.32 Å². The molecule has 0 fully saturated rings. The predicted molar refractivity (Wildman–Crippen MR) is 108 cm³/mol. The zero-order valence-electron chi connectivity index (χ0n) is 14.3. The average molecular weight is 386 g/mol. The van der Waals surface area contributed by atoms with E-state index in [0.717, 1.165) is 22.9 Å². The van der Waals surface area contributed by atoms with Gasteiger partial charge in [-0.3, -0.25) is 4.79 Å². The van der Waals surface area contributed by atoms with E-state index < -0.39 is 0 Å². The van der Waals surface area contributed by atoms with Gasteiger partial charge in [-0.05, 0) is 47.9 Å². The Morgan fingerprint density at radius 2 is 1.81 bits per heavy atom. The quantitative estimate of drug-likeness (QED) is 0.634. The van der Waals surface area contributed by atoms with Crippen molar-refractivity contribution in [1.82, 2.24) is 15.1 Å². The molecule has 1 amide bonds. The van der Waals surface area contributed by atoms with E-state index in [2.05, 4.69) is 22.5 Å². The maximum absolute atomic E-state index is 11.9. The molecular weight excluding hydrogens is 366 g/mol. The normalized spacial score (nSPS) is 10.7. The molecule has 0 spiro atoms. The molecule has 1 heterocycles. The van der Waals surface area contributed by atoms with Crippen molar-refractivity contribution in [2.75, 3.05) is 12.3 Å². The second-order valence-electron chi connectivity index (χ2n) is 5.84. The SMILES string of the molecule is O=C(CSCc1ccc(Cl)cc1)NCCc1ccc(-n2cccn2)cc1. The van der Waals surface area contributed by atoms with Gasteiger partial charge in [0.1, 0.15) is 0 Å². The van der Waals surface area contributed by atoms with Crippen LogP contribution in [0.4, 0.5) is 0 Å². The molecule has 6 heteroatoms. The summed E-state index contributed by atoms with van der Waals surface area (Å²) in [5.74, 6) is 1.33. The van der Waals surface area contributed by atoms with Crippen LogP contribution in [-0.4, -0.2) is 28.0 Å². The maximum atomic E-state index is 11.9. The third kappa shape index (κ3) is 5.64. The van der Waals surface area contributed by atoms with Crippen LogP contribution in [0.1, 0.15) is 11.1 Å². The highest BCUT2D eigenvalue weighted by atomic mass is 35.5. The lowest BCUT2D eigenvalue weighted by atomic mass is 10.1. The summed E-state index contributed by atoms with van der Waals surface area (Å²) in [6, 6.07) is 17.8. The molecule has 3 rings (SSSR count). The maximum Gasteiger partial charge on any atom is 0.230 e. The zero-order valence-corrected chi connectivity index (χ0v) is 15.8. The van der Waals surface area contributed by atoms with Gasteiger partial charge in [0.15, 0.2) is 0 Å². The van der Waals surface area contributed by atoms with Gasteiger partial charge in [0.25, 0.3) is 0 Å². The molecule has 1 N–H and O–H groups in total. The zero-order chi connectivity index (χ0) is 18.2. The first-order chi connectivity index (χ1) is 12.7. The van der Waals surface area contributed by atoms with Gasteiger partial charge in [0, 0.05) is 29.7 Å². The van der Waals surface area contributed by atoms with Crippen molar-refractivity contribution < 1.29 is 4.79 Å². The Labute approximate surface area is 162 Å². The fraction of sp³-hybridized carbons (Fsp3) is 0.200. The molecular formula is C20H20ClN3OS. The highest BCUT2D eigenvalue weighted by molar-refractivity contribution is 7.99. The number of thioether (sulfide) groups is 1. The Morgan fingerprint density at radius 1 is 1.08 bits per heavy atom. The van der Waals surface area contributed by atoms with E-state index in [-0.39, 0.29) is 5.91 Å². The Kier molecular flexibility index (Phi) is 6.75. The molecule has 0 radical (unpaired) electrons. The van der Waals surface area contributed by atoms with Crippen molar-refractivity contribution in [2.24, 2.45) is 0 Å². The minimum Gasteiger partial charge on any atom is -0.355 e. The molecule has 0 atom stereocenters. The smallest absolute Gasteiger partial charge is 0.230 e. The van der Waals surface area contributed by atoms with E-state index in [9.17, 15) is 4.79 Å². The van der Waals surface area contributed by atoms with Crippen LogP contribution in [0.15, 0.2) is 67.0 Å². The first kappa shape index (κ1) is 18.5. The third-order valence-electron chi connectivity index (χ3n) is 3.86. The largest absolute Gasteiger partial charge is 0.355 e. The van der Waals surface area contributed by atoms with Crippen LogP contribution in [0, 0.1) is 0 Å². The number of hydrogen-bond acceptors (Lipinski definition) is 3. The minimum absolute atomic E-state index is 0.0668. The highest BCUT2D eigenvalue weighted by Crippen LogP contribution is 2.15. The molecule has 0 aliphatic heterocycles. The number of nitrogens with zero attached hydrogens (tertiary/aromatic N) is 2. The summed E-state index contributed by atoms with van der Waals surface area (Å²) in [6.07, 6.45) is 4.48. The van der Waals surface area contributed by atoms with Crippen LogP contribution < -0.4 is 5.32 Å². The molecule has 0 aliphatic rings. The van der Waals surface area contributed by atoms with E-state index in [1.54, 1.807) is 18.0 Å². The number of rotatable bonds is 8. The van der Waals surface area contributed by atoms with Gasteiger partial charge in [-0.15, -0.1) is 11.8 Å². The number of amides is 1. The number of aromatic nitrogens is 2. The fourth-order valence-corrected chi connectivity index (χ4v) is 3.42.